The van der Waals surface area contributed by atoms with Crippen molar-refractivity contribution in [2.75, 3.05) is 56.9 Å². The fraction of sp³-hybridized carbons (Fsp3) is 0.348. The number of carbonyl (C=O) groups is 2. The Labute approximate surface area is 186 Å². The van der Waals surface area contributed by atoms with Gasteiger partial charge < -0.3 is 23.8 Å². The van der Waals surface area contributed by atoms with E-state index in [-0.39, 0.29) is 18.6 Å². The van der Waals surface area contributed by atoms with Gasteiger partial charge in [-0.1, -0.05) is 0 Å². The number of carbonyl (C=O) groups excluding carboxylic acids is 2. The quantitative estimate of drug-likeness (QED) is 0.616. The second kappa shape index (κ2) is 9.69. The molecule has 0 bridgehead atoms. The van der Waals surface area contributed by atoms with Crippen molar-refractivity contribution in [1.29, 1.82) is 0 Å². The molecule has 0 radical (unpaired) electrons. The number of nitrogens with zero attached hydrogens (tertiary/aromatic N) is 3. The third-order valence-corrected chi connectivity index (χ3v) is 5.29. The lowest BCUT2D eigenvalue weighted by molar-refractivity contribution is -0.125. The largest absolute Gasteiger partial charge is 0.493 e. The molecule has 2 aromatic rings. The molecule has 1 atom stereocenters. The molecule has 2 aliphatic heterocycles. The Morgan fingerprint density at radius 2 is 1.75 bits per heavy atom. The lowest BCUT2D eigenvalue weighted by Crippen LogP contribution is -2.41. The van der Waals surface area contributed by atoms with E-state index in [9.17, 15) is 9.59 Å². The first-order valence-corrected chi connectivity index (χ1v) is 10.3. The third kappa shape index (κ3) is 4.67. The van der Waals surface area contributed by atoms with Crippen molar-refractivity contribution in [2.24, 2.45) is 4.99 Å². The topological polar surface area (TPSA) is 89.9 Å². The smallest absolute Gasteiger partial charge is 0.414 e. The lowest BCUT2D eigenvalue weighted by atomic mass is 10.2. The maximum absolute atomic E-state index is 12.4. The van der Waals surface area contributed by atoms with E-state index in [4.69, 9.17) is 18.9 Å². The van der Waals surface area contributed by atoms with Crippen LogP contribution < -0.4 is 19.3 Å². The molecule has 168 valence electrons. The van der Waals surface area contributed by atoms with Gasteiger partial charge in [-0.2, -0.15) is 0 Å². The van der Waals surface area contributed by atoms with Crippen LogP contribution in [-0.2, 0) is 14.3 Å². The summed E-state index contributed by atoms with van der Waals surface area (Å²) in [5.74, 6) is 1.20. The second-order valence-corrected chi connectivity index (χ2v) is 7.34. The summed E-state index contributed by atoms with van der Waals surface area (Å²) >= 11 is 0. The fourth-order valence-corrected chi connectivity index (χ4v) is 3.64. The van der Waals surface area contributed by atoms with Crippen LogP contribution in [0.1, 0.15) is 5.56 Å². The molecule has 0 N–H and O–H groups in total. The molecule has 2 fully saturated rings. The maximum Gasteiger partial charge on any atom is 0.414 e. The summed E-state index contributed by atoms with van der Waals surface area (Å²) < 4.78 is 21.2. The van der Waals surface area contributed by atoms with Crippen molar-refractivity contribution >= 4 is 29.6 Å². The average molecular weight is 439 g/mol. The second-order valence-electron chi connectivity index (χ2n) is 7.34. The van der Waals surface area contributed by atoms with Gasteiger partial charge >= 0.3 is 6.09 Å². The number of hydrogen-bond acceptors (Lipinski definition) is 7. The number of morpholine rings is 1. The Bertz CT molecular complexity index is 1010. The summed E-state index contributed by atoms with van der Waals surface area (Å²) in [7, 11) is 3.16. The van der Waals surface area contributed by atoms with Gasteiger partial charge in [-0.05, 0) is 48.0 Å². The lowest BCUT2D eigenvalue weighted by Gasteiger charge is -2.27. The van der Waals surface area contributed by atoms with Crippen LogP contribution in [0.4, 0.5) is 16.2 Å². The highest BCUT2D eigenvalue weighted by Gasteiger charge is 2.32. The molecular formula is C23H25N3O6. The van der Waals surface area contributed by atoms with E-state index in [1.165, 1.54) is 0 Å². The Morgan fingerprint density at radius 3 is 2.44 bits per heavy atom. The first kappa shape index (κ1) is 21.6. The van der Waals surface area contributed by atoms with Crippen molar-refractivity contribution in [3.05, 3.63) is 48.0 Å². The van der Waals surface area contributed by atoms with Gasteiger partial charge in [-0.3, -0.25) is 14.7 Å². The molecule has 9 nitrogen and oxygen atoms in total. The van der Waals surface area contributed by atoms with Gasteiger partial charge in [0, 0.05) is 24.1 Å². The number of anilines is 2. The standard InChI is InChI=1S/C23H25N3O6/c1-29-20-8-3-16(11-21(20)30-2)12-24-13-19-14-26(23(28)32-19)18-6-4-17(5-7-18)25-9-10-31-15-22(25)27/h3-8,11-12,19H,9-10,13-15H2,1-2H3/t19-/m0/s1. The van der Waals surface area contributed by atoms with E-state index in [0.29, 0.717) is 43.4 Å². The average Bonchev–Trinajstić information content (AvgIpc) is 3.19. The van der Waals surface area contributed by atoms with Gasteiger partial charge in [0.2, 0.25) is 0 Å². The van der Waals surface area contributed by atoms with Crippen LogP contribution in [0, 0.1) is 0 Å². The fourth-order valence-electron chi connectivity index (χ4n) is 3.64. The summed E-state index contributed by atoms with van der Waals surface area (Å²) in [4.78, 5) is 32.0. The minimum Gasteiger partial charge on any atom is -0.493 e. The van der Waals surface area contributed by atoms with E-state index in [1.54, 1.807) is 30.2 Å². The summed E-state index contributed by atoms with van der Waals surface area (Å²) in [6.45, 7) is 1.86. The first-order chi connectivity index (χ1) is 15.6. The van der Waals surface area contributed by atoms with Crippen LogP contribution in [-0.4, -0.2) is 71.4 Å². The molecule has 0 aromatic heterocycles. The molecule has 4 rings (SSSR count). The number of amides is 2. The molecule has 2 amide bonds. The van der Waals surface area contributed by atoms with Gasteiger partial charge in [0.05, 0.1) is 33.9 Å². The summed E-state index contributed by atoms with van der Waals surface area (Å²) in [5, 5.41) is 0. The van der Waals surface area contributed by atoms with Gasteiger partial charge in [0.1, 0.15) is 12.7 Å². The van der Waals surface area contributed by atoms with Gasteiger partial charge in [-0.25, -0.2) is 4.79 Å². The van der Waals surface area contributed by atoms with Crippen LogP contribution in [0.2, 0.25) is 0 Å². The Morgan fingerprint density at radius 1 is 1.03 bits per heavy atom. The zero-order valence-corrected chi connectivity index (χ0v) is 18.0. The maximum atomic E-state index is 12.4. The molecule has 0 unspecified atom stereocenters. The van der Waals surface area contributed by atoms with E-state index in [1.807, 2.05) is 42.5 Å². The number of hydrogen-bond donors (Lipinski definition) is 0. The van der Waals surface area contributed by atoms with Crippen molar-refractivity contribution in [3.8, 4) is 11.5 Å². The van der Waals surface area contributed by atoms with Gasteiger partial charge in [0.25, 0.3) is 5.91 Å². The van der Waals surface area contributed by atoms with Gasteiger partial charge in [-0.15, -0.1) is 0 Å². The molecule has 2 aliphatic rings. The summed E-state index contributed by atoms with van der Waals surface area (Å²) in [5.41, 5.74) is 2.36. The number of cyclic esters (lactones) is 1. The number of methoxy groups -OCH3 is 2. The minimum atomic E-state index is -0.411. The summed E-state index contributed by atoms with van der Waals surface area (Å²) in [6.07, 6.45) is 0.956. The molecule has 2 heterocycles. The Hall–Kier alpha value is -3.59. The zero-order chi connectivity index (χ0) is 22.5. The molecule has 2 saturated heterocycles. The number of rotatable bonds is 7. The van der Waals surface area contributed by atoms with E-state index in [0.717, 1.165) is 11.3 Å². The third-order valence-electron chi connectivity index (χ3n) is 5.29. The van der Waals surface area contributed by atoms with Crippen LogP contribution in [0.25, 0.3) is 0 Å². The monoisotopic (exact) mass is 439 g/mol. The molecule has 32 heavy (non-hydrogen) atoms. The van der Waals surface area contributed by atoms with E-state index >= 15 is 0 Å². The minimum absolute atomic E-state index is 0.0722. The molecule has 0 spiro atoms. The zero-order valence-electron chi connectivity index (χ0n) is 18.0. The van der Waals surface area contributed by atoms with Crippen LogP contribution >= 0.6 is 0 Å². The molecular weight excluding hydrogens is 414 g/mol. The SMILES string of the molecule is COc1ccc(C=NC[C@H]2CN(c3ccc(N4CCOCC4=O)cc3)C(=O)O2)cc1OC. The molecule has 0 saturated carbocycles. The predicted molar refractivity (Wildman–Crippen MR) is 119 cm³/mol. The Kier molecular flexibility index (Phi) is 6.55. The number of ether oxygens (including phenoxy) is 4. The van der Waals surface area contributed by atoms with Crippen molar-refractivity contribution in [1.82, 2.24) is 0 Å². The highest BCUT2D eigenvalue weighted by atomic mass is 16.6. The van der Waals surface area contributed by atoms with Crippen molar-refractivity contribution < 1.29 is 28.5 Å². The Balaban J connectivity index is 1.36. The van der Waals surface area contributed by atoms with E-state index < -0.39 is 6.09 Å². The van der Waals surface area contributed by atoms with Crippen LogP contribution in [0.15, 0.2) is 47.5 Å². The van der Waals surface area contributed by atoms with Crippen molar-refractivity contribution in [3.63, 3.8) is 0 Å². The molecule has 9 heteroatoms. The van der Waals surface area contributed by atoms with Crippen LogP contribution in [0.3, 0.4) is 0 Å². The number of aliphatic imine (C=N–C) groups is 1. The predicted octanol–water partition coefficient (Wildman–Crippen LogP) is 2.51. The van der Waals surface area contributed by atoms with E-state index in [2.05, 4.69) is 4.99 Å². The number of benzene rings is 2. The first-order valence-electron chi connectivity index (χ1n) is 10.3. The molecule has 2 aromatic carbocycles. The highest BCUT2D eigenvalue weighted by Crippen LogP contribution is 2.27. The highest BCUT2D eigenvalue weighted by molar-refractivity contribution is 5.95. The van der Waals surface area contributed by atoms with Crippen LogP contribution in [0.5, 0.6) is 11.5 Å². The summed E-state index contributed by atoms with van der Waals surface area (Å²) in [6, 6.07) is 12.8. The normalized spacial score (nSPS) is 18.9. The van der Waals surface area contributed by atoms with Gasteiger partial charge in [0.15, 0.2) is 11.5 Å². The van der Waals surface area contributed by atoms with Crippen molar-refractivity contribution in [2.45, 2.75) is 6.10 Å². The molecule has 0 aliphatic carbocycles.